The molecule has 2 rings (SSSR count). The van der Waals surface area contributed by atoms with Gasteiger partial charge in [0.2, 0.25) is 10.0 Å². The SMILES string of the molecule is CCC(C)(C)C1CCC(NC(=O)c2cccc(NS(C)(=O)=O)c2)CC1. The van der Waals surface area contributed by atoms with Crippen LogP contribution < -0.4 is 10.0 Å². The number of amides is 1. The average Bonchev–Trinajstić information content (AvgIpc) is 2.54. The van der Waals surface area contributed by atoms with E-state index in [4.69, 9.17) is 0 Å². The first kappa shape index (κ1) is 19.8. The molecule has 0 aromatic heterocycles. The molecule has 0 spiro atoms. The van der Waals surface area contributed by atoms with Crippen molar-refractivity contribution >= 4 is 21.6 Å². The van der Waals surface area contributed by atoms with E-state index in [1.54, 1.807) is 24.3 Å². The van der Waals surface area contributed by atoms with E-state index in [1.165, 1.54) is 6.42 Å². The molecule has 0 aliphatic heterocycles. The molecule has 1 aliphatic carbocycles. The zero-order valence-corrected chi connectivity index (χ0v) is 16.4. The van der Waals surface area contributed by atoms with Crippen LogP contribution >= 0.6 is 0 Å². The van der Waals surface area contributed by atoms with Crippen molar-refractivity contribution in [2.24, 2.45) is 11.3 Å². The number of carbonyl (C=O) groups is 1. The summed E-state index contributed by atoms with van der Waals surface area (Å²) in [5.41, 5.74) is 1.24. The van der Waals surface area contributed by atoms with E-state index < -0.39 is 10.0 Å². The molecule has 0 bridgehead atoms. The van der Waals surface area contributed by atoms with Crippen molar-refractivity contribution in [3.63, 3.8) is 0 Å². The van der Waals surface area contributed by atoms with E-state index in [2.05, 4.69) is 30.8 Å². The Kier molecular flexibility index (Phi) is 6.14. The van der Waals surface area contributed by atoms with Crippen molar-refractivity contribution in [3.8, 4) is 0 Å². The van der Waals surface area contributed by atoms with Gasteiger partial charge >= 0.3 is 0 Å². The molecule has 0 unspecified atom stereocenters. The maximum absolute atomic E-state index is 12.5. The lowest BCUT2D eigenvalue weighted by Gasteiger charge is -2.39. The minimum absolute atomic E-state index is 0.143. The van der Waals surface area contributed by atoms with Gasteiger partial charge in [-0.05, 0) is 55.2 Å². The van der Waals surface area contributed by atoms with E-state index in [0.29, 0.717) is 22.6 Å². The van der Waals surface area contributed by atoms with Gasteiger partial charge in [-0.2, -0.15) is 0 Å². The summed E-state index contributed by atoms with van der Waals surface area (Å²) in [5.74, 6) is 0.572. The predicted molar refractivity (Wildman–Crippen MR) is 102 cm³/mol. The Balaban J connectivity index is 1.94. The molecule has 1 fully saturated rings. The fourth-order valence-electron chi connectivity index (χ4n) is 3.51. The average molecular weight is 367 g/mol. The number of carbonyl (C=O) groups excluding carboxylic acids is 1. The number of benzene rings is 1. The lowest BCUT2D eigenvalue weighted by atomic mass is 9.69. The van der Waals surface area contributed by atoms with E-state index >= 15 is 0 Å². The molecule has 0 heterocycles. The minimum atomic E-state index is -3.35. The third kappa shape index (κ3) is 5.73. The summed E-state index contributed by atoms with van der Waals surface area (Å²) in [5, 5.41) is 3.10. The molecule has 140 valence electrons. The number of rotatable bonds is 6. The molecule has 6 heteroatoms. The molecule has 2 N–H and O–H groups in total. The van der Waals surface area contributed by atoms with Gasteiger partial charge in [-0.1, -0.05) is 33.3 Å². The lowest BCUT2D eigenvalue weighted by molar-refractivity contribution is 0.0893. The van der Waals surface area contributed by atoms with Gasteiger partial charge in [0.25, 0.3) is 5.91 Å². The maximum Gasteiger partial charge on any atom is 0.251 e. The summed E-state index contributed by atoms with van der Waals surface area (Å²) in [7, 11) is -3.35. The monoisotopic (exact) mass is 366 g/mol. The molecule has 1 amide bonds. The second-order valence-electron chi connectivity index (χ2n) is 7.82. The Bertz CT molecular complexity index is 705. The molecule has 1 aromatic rings. The standard InChI is InChI=1S/C19H30N2O3S/c1-5-19(2,3)15-9-11-16(12-10-15)20-18(22)14-7-6-8-17(13-14)21-25(4,23)24/h6-8,13,15-16,21H,5,9-12H2,1-4H3,(H,20,22). The Labute approximate surface area is 151 Å². The summed E-state index contributed by atoms with van der Waals surface area (Å²) in [4.78, 5) is 12.5. The van der Waals surface area contributed by atoms with Gasteiger partial charge in [0.15, 0.2) is 0 Å². The lowest BCUT2D eigenvalue weighted by Crippen LogP contribution is -2.39. The molecule has 1 aromatic carbocycles. The van der Waals surface area contributed by atoms with Crippen LogP contribution in [0.1, 0.15) is 63.2 Å². The van der Waals surface area contributed by atoms with Crippen LogP contribution in [0.15, 0.2) is 24.3 Å². The van der Waals surface area contributed by atoms with Crippen molar-refractivity contribution < 1.29 is 13.2 Å². The van der Waals surface area contributed by atoms with E-state index in [0.717, 1.165) is 31.9 Å². The van der Waals surface area contributed by atoms with Crippen LogP contribution in [0.25, 0.3) is 0 Å². The van der Waals surface area contributed by atoms with Gasteiger partial charge in [0, 0.05) is 17.3 Å². The van der Waals surface area contributed by atoms with Crippen LogP contribution in [0.3, 0.4) is 0 Å². The Morgan fingerprint density at radius 3 is 2.40 bits per heavy atom. The second kappa shape index (κ2) is 7.77. The number of anilines is 1. The van der Waals surface area contributed by atoms with Crippen LogP contribution in [0.5, 0.6) is 0 Å². The first-order valence-corrected chi connectivity index (χ1v) is 10.9. The van der Waals surface area contributed by atoms with E-state index in [-0.39, 0.29) is 11.9 Å². The van der Waals surface area contributed by atoms with Crippen molar-refractivity contribution in [2.45, 2.75) is 58.9 Å². The van der Waals surface area contributed by atoms with Crippen LogP contribution in [-0.2, 0) is 10.0 Å². The van der Waals surface area contributed by atoms with Crippen molar-refractivity contribution in [2.75, 3.05) is 11.0 Å². The molecule has 1 saturated carbocycles. The Morgan fingerprint density at radius 1 is 1.20 bits per heavy atom. The highest BCUT2D eigenvalue weighted by Gasteiger charge is 2.32. The van der Waals surface area contributed by atoms with Crippen LogP contribution in [-0.4, -0.2) is 26.6 Å². The first-order valence-electron chi connectivity index (χ1n) is 8.99. The number of hydrogen-bond donors (Lipinski definition) is 2. The van der Waals surface area contributed by atoms with Crippen molar-refractivity contribution in [3.05, 3.63) is 29.8 Å². The number of sulfonamides is 1. The highest BCUT2D eigenvalue weighted by Crippen LogP contribution is 2.40. The molecular weight excluding hydrogens is 336 g/mol. The molecule has 5 nitrogen and oxygen atoms in total. The summed E-state index contributed by atoms with van der Waals surface area (Å²) in [6, 6.07) is 6.79. The molecule has 0 saturated heterocycles. The van der Waals surface area contributed by atoms with Gasteiger partial charge in [-0.15, -0.1) is 0 Å². The molecule has 0 atom stereocenters. The van der Waals surface area contributed by atoms with E-state index in [9.17, 15) is 13.2 Å². The normalized spacial score (nSPS) is 21.6. The highest BCUT2D eigenvalue weighted by atomic mass is 32.2. The van der Waals surface area contributed by atoms with Crippen LogP contribution in [0.4, 0.5) is 5.69 Å². The van der Waals surface area contributed by atoms with Gasteiger partial charge in [0.05, 0.1) is 6.26 Å². The molecular formula is C19H30N2O3S. The number of nitrogens with one attached hydrogen (secondary N) is 2. The third-order valence-electron chi connectivity index (χ3n) is 5.51. The smallest absolute Gasteiger partial charge is 0.251 e. The van der Waals surface area contributed by atoms with Crippen LogP contribution in [0, 0.1) is 11.3 Å². The largest absolute Gasteiger partial charge is 0.349 e. The topological polar surface area (TPSA) is 75.3 Å². The Morgan fingerprint density at radius 2 is 1.84 bits per heavy atom. The fraction of sp³-hybridized carbons (Fsp3) is 0.632. The summed E-state index contributed by atoms with van der Waals surface area (Å²) < 4.78 is 25.0. The maximum atomic E-state index is 12.5. The third-order valence-corrected chi connectivity index (χ3v) is 6.11. The summed E-state index contributed by atoms with van der Waals surface area (Å²) in [6.07, 6.45) is 6.55. The van der Waals surface area contributed by atoms with Crippen molar-refractivity contribution in [1.82, 2.24) is 5.32 Å². The number of hydrogen-bond acceptors (Lipinski definition) is 3. The molecule has 25 heavy (non-hydrogen) atoms. The summed E-state index contributed by atoms with van der Waals surface area (Å²) in [6.45, 7) is 6.90. The zero-order chi connectivity index (χ0) is 18.7. The van der Waals surface area contributed by atoms with Gasteiger partial charge in [0.1, 0.15) is 0 Å². The van der Waals surface area contributed by atoms with Gasteiger partial charge < -0.3 is 5.32 Å². The fourth-order valence-corrected chi connectivity index (χ4v) is 4.07. The molecule has 0 radical (unpaired) electrons. The van der Waals surface area contributed by atoms with Crippen LogP contribution in [0.2, 0.25) is 0 Å². The minimum Gasteiger partial charge on any atom is -0.349 e. The predicted octanol–water partition coefficient (Wildman–Crippen LogP) is 3.78. The quantitative estimate of drug-likeness (QED) is 0.804. The highest BCUT2D eigenvalue weighted by molar-refractivity contribution is 7.92. The van der Waals surface area contributed by atoms with Gasteiger partial charge in [-0.25, -0.2) is 8.42 Å². The first-order chi connectivity index (χ1) is 11.6. The Hall–Kier alpha value is -1.56. The second-order valence-corrected chi connectivity index (χ2v) is 9.57. The van der Waals surface area contributed by atoms with Crippen molar-refractivity contribution in [1.29, 1.82) is 0 Å². The zero-order valence-electron chi connectivity index (χ0n) is 15.6. The van der Waals surface area contributed by atoms with Gasteiger partial charge in [-0.3, -0.25) is 9.52 Å². The molecule has 1 aliphatic rings. The van der Waals surface area contributed by atoms with E-state index in [1.807, 2.05) is 0 Å². The summed E-state index contributed by atoms with van der Waals surface area (Å²) >= 11 is 0.